The number of nitrogen functional groups attached to an aromatic ring is 1. The van der Waals surface area contributed by atoms with Crippen LogP contribution in [-0.4, -0.2) is 16.8 Å². The average Bonchev–Trinajstić information content (AvgIpc) is 2.10. The van der Waals surface area contributed by atoms with E-state index in [2.05, 4.69) is 4.98 Å². The number of carbonyl (C=O) groups excluding carboxylic acids is 1. The molecule has 1 heterocycles. The Hall–Kier alpha value is -1.36. The van der Waals surface area contributed by atoms with Crippen molar-refractivity contribution in [2.75, 3.05) is 11.6 Å². The van der Waals surface area contributed by atoms with Gasteiger partial charge in [0.2, 0.25) is 0 Å². The van der Waals surface area contributed by atoms with Crippen LogP contribution in [0.25, 0.3) is 0 Å². The fraction of sp³-hybridized carbons (Fsp3) is 0.375. The van der Waals surface area contributed by atoms with Crippen LogP contribution in [0.4, 0.5) is 5.95 Å². The largest absolute Gasteiger partial charge is 0.427 e. The minimum atomic E-state index is -0.572. The van der Waals surface area contributed by atoms with Crippen LogP contribution >= 0.6 is 11.6 Å². The number of halogens is 1. The van der Waals surface area contributed by atoms with Crippen molar-refractivity contribution in [3.8, 4) is 0 Å². The summed E-state index contributed by atoms with van der Waals surface area (Å²) in [5.41, 5.74) is 7.01. The lowest BCUT2D eigenvalue weighted by Crippen LogP contribution is -2.51. The molecule has 0 fully saturated rings. The first-order valence-corrected chi connectivity index (χ1v) is 4.51. The zero-order chi connectivity index (χ0) is 10.7. The van der Waals surface area contributed by atoms with Gasteiger partial charge in [-0.25, -0.2) is 4.79 Å². The van der Waals surface area contributed by atoms with Crippen molar-refractivity contribution < 1.29 is 14.4 Å². The summed E-state index contributed by atoms with van der Waals surface area (Å²) in [6, 6.07) is 1.75. The Balaban J connectivity index is 3.02. The molecule has 0 spiro atoms. The Bertz CT molecular complexity index is 345. The summed E-state index contributed by atoms with van der Waals surface area (Å²) >= 11 is 5.29. The molecule has 0 bridgehead atoms. The molecular weight excluding hydrogens is 206 g/mol. The summed E-state index contributed by atoms with van der Waals surface area (Å²) in [6.07, 6.45) is 0. The van der Waals surface area contributed by atoms with Gasteiger partial charge >= 0.3 is 11.9 Å². The Kier molecular flexibility index (Phi) is 3.24. The molecule has 0 aliphatic carbocycles. The van der Waals surface area contributed by atoms with Crippen molar-refractivity contribution >= 4 is 23.5 Å². The maximum atomic E-state index is 10.9. The van der Waals surface area contributed by atoms with Gasteiger partial charge in [0.25, 0.3) is 0 Å². The van der Waals surface area contributed by atoms with Crippen LogP contribution < -0.4 is 15.3 Å². The van der Waals surface area contributed by atoms with E-state index in [-0.39, 0.29) is 11.8 Å². The molecule has 0 radical (unpaired) electrons. The lowest BCUT2D eigenvalue weighted by atomic mass is 10.4. The van der Waals surface area contributed by atoms with Crippen LogP contribution in [0.3, 0.4) is 0 Å². The van der Waals surface area contributed by atoms with E-state index in [0.717, 1.165) is 10.4 Å². The topological polar surface area (TPSA) is 69.1 Å². The molecule has 0 unspecified atom stereocenters. The van der Waals surface area contributed by atoms with Crippen molar-refractivity contribution in [2.24, 2.45) is 0 Å². The molecule has 0 atom stereocenters. The molecule has 1 aromatic rings. The van der Waals surface area contributed by atoms with E-state index in [9.17, 15) is 4.79 Å². The average molecular weight is 217 g/mol. The van der Waals surface area contributed by atoms with Crippen molar-refractivity contribution in [3.05, 3.63) is 17.5 Å². The number of hydrogen-bond donors (Lipinski definition) is 1. The van der Waals surface area contributed by atoms with E-state index in [1.807, 2.05) is 0 Å². The van der Waals surface area contributed by atoms with Gasteiger partial charge in [0.05, 0.1) is 0 Å². The number of hydrogen-bond acceptors (Lipinski definition) is 4. The SMILES string of the molecule is Cc1cc(C)[n+](OC(=O)CCl)c(N)n1. The molecule has 5 nitrogen and oxygen atoms in total. The lowest BCUT2D eigenvalue weighted by molar-refractivity contribution is -0.863. The van der Waals surface area contributed by atoms with E-state index in [1.165, 1.54) is 0 Å². The van der Waals surface area contributed by atoms with Crippen LogP contribution in [0.5, 0.6) is 0 Å². The van der Waals surface area contributed by atoms with Gasteiger partial charge in [-0.3, -0.25) is 10.6 Å². The third kappa shape index (κ3) is 2.32. The molecule has 76 valence electrons. The molecule has 2 N–H and O–H groups in total. The number of anilines is 1. The van der Waals surface area contributed by atoms with Crippen molar-refractivity contribution in [1.29, 1.82) is 0 Å². The number of nitrogens with zero attached hydrogens (tertiary/aromatic N) is 2. The van der Waals surface area contributed by atoms with Crippen LogP contribution in [0.1, 0.15) is 11.4 Å². The first-order valence-electron chi connectivity index (χ1n) is 3.97. The first-order chi connectivity index (χ1) is 6.54. The third-order valence-electron chi connectivity index (χ3n) is 1.54. The highest BCUT2D eigenvalue weighted by Crippen LogP contribution is 1.97. The van der Waals surface area contributed by atoms with Crippen molar-refractivity contribution in [3.63, 3.8) is 0 Å². The van der Waals surface area contributed by atoms with Crippen LogP contribution in [0.15, 0.2) is 6.07 Å². The molecular formula is C8H11ClN3O2+. The van der Waals surface area contributed by atoms with Gasteiger partial charge in [0.15, 0.2) is 0 Å². The highest BCUT2D eigenvalue weighted by Gasteiger charge is 2.15. The van der Waals surface area contributed by atoms with Crippen molar-refractivity contribution in [1.82, 2.24) is 4.98 Å². The van der Waals surface area contributed by atoms with Gasteiger partial charge in [-0.15, -0.1) is 11.6 Å². The number of alkyl halides is 1. The van der Waals surface area contributed by atoms with Gasteiger partial charge in [-0.05, 0) is 18.6 Å². The summed E-state index contributed by atoms with van der Waals surface area (Å²) in [4.78, 5) is 19.7. The standard InChI is InChI=1S/C8H10ClN3O2/c1-5-3-6(2)12(8(10)11-5)14-7(13)4-9/h3,10H,4H2,1-2H3/p+1. The normalized spacial score (nSPS) is 9.93. The van der Waals surface area contributed by atoms with Gasteiger partial charge < -0.3 is 0 Å². The number of nitrogens with two attached hydrogens (primary N) is 1. The van der Waals surface area contributed by atoms with E-state index in [1.54, 1.807) is 19.9 Å². The smallest absolute Gasteiger partial charge is 0.284 e. The Morgan fingerprint density at radius 3 is 2.86 bits per heavy atom. The summed E-state index contributed by atoms with van der Waals surface area (Å²) in [5, 5.41) is 0. The van der Waals surface area contributed by atoms with E-state index < -0.39 is 5.97 Å². The Labute approximate surface area is 86.4 Å². The van der Waals surface area contributed by atoms with Gasteiger partial charge in [0, 0.05) is 6.07 Å². The maximum Gasteiger partial charge on any atom is 0.427 e. The molecule has 0 saturated heterocycles. The van der Waals surface area contributed by atoms with E-state index >= 15 is 0 Å². The Morgan fingerprint density at radius 2 is 2.36 bits per heavy atom. The number of rotatable bonds is 2. The molecule has 14 heavy (non-hydrogen) atoms. The zero-order valence-electron chi connectivity index (χ0n) is 7.95. The monoisotopic (exact) mass is 216 g/mol. The van der Waals surface area contributed by atoms with E-state index in [4.69, 9.17) is 22.2 Å². The first kappa shape index (κ1) is 10.7. The fourth-order valence-corrected chi connectivity index (χ4v) is 1.09. The second kappa shape index (κ2) is 4.23. The van der Waals surface area contributed by atoms with Crippen LogP contribution in [0.2, 0.25) is 0 Å². The predicted molar refractivity (Wildman–Crippen MR) is 50.6 cm³/mol. The highest BCUT2D eigenvalue weighted by molar-refractivity contribution is 6.26. The minimum Gasteiger partial charge on any atom is -0.284 e. The fourth-order valence-electron chi connectivity index (χ4n) is 1.04. The number of aryl methyl sites for hydroxylation is 2. The van der Waals surface area contributed by atoms with Gasteiger partial charge in [-0.1, -0.05) is 4.98 Å². The highest BCUT2D eigenvalue weighted by atomic mass is 35.5. The van der Waals surface area contributed by atoms with Crippen molar-refractivity contribution in [2.45, 2.75) is 13.8 Å². The minimum absolute atomic E-state index is 0.126. The third-order valence-corrected chi connectivity index (χ3v) is 1.76. The van der Waals surface area contributed by atoms with Gasteiger partial charge in [0.1, 0.15) is 17.3 Å². The molecule has 0 saturated carbocycles. The molecule has 0 aromatic carbocycles. The molecule has 0 aliphatic rings. The molecule has 0 aliphatic heterocycles. The summed E-state index contributed by atoms with van der Waals surface area (Å²) in [6.45, 7) is 3.56. The quantitative estimate of drug-likeness (QED) is 0.547. The summed E-state index contributed by atoms with van der Waals surface area (Å²) < 4.78 is 1.15. The zero-order valence-corrected chi connectivity index (χ0v) is 8.71. The number of aromatic nitrogens is 2. The van der Waals surface area contributed by atoms with Crippen LogP contribution in [0, 0.1) is 13.8 Å². The maximum absolute atomic E-state index is 10.9. The molecule has 1 aromatic heterocycles. The molecule has 6 heteroatoms. The predicted octanol–water partition coefficient (Wildman–Crippen LogP) is -0.238. The second-order valence-electron chi connectivity index (χ2n) is 2.79. The summed E-state index contributed by atoms with van der Waals surface area (Å²) in [5.74, 6) is -0.669. The van der Waals surface area contributed by atoms with E-state index in [0.29, 0.717) is 5.69 Å². The lowest BCUT2D eigenvalue weighted by Gasteiger charge is -2.04. The molecule has 1 rings (SSSR count). The van der Waals surface area contributed by atoms with Gasteiger partial charge in [-0.2, -0.15) is 0 Å². The van der Waals surface area contributed by atoms with Crippen LogP contribution in [-0.2, 0) is 4.79 Å². The Morgan fingerprint density at radius 1 is 1.71 bits per heavy atom. The second-order valence-corrected chi connectivity index (χ2v) is 3.06. The number of carbonyl (C=O) groups is 1. The summed E-state index contributed by atoms with van der Waals surface area (Å²) in [7, 11) is 0. The molecule has 0 amide bonds.